The molecular weight excluding hydrogens is 284 g/mol. The minimum absolute atomic E-state index is 0.288. The highest BCUT2D eigenvalue weighted by molar-refractivity contribution is 7.90. The number of anilines is 1. The van der Waals surface area contributed by atoms with Crippen LogP contribution in [0.5, 0.6) is 0 Å². The summed E-state index contributed by atoms with van der Waals surface area (Å²) in [5, 5.41) is 7.21. The van der Waals surface area contributed by atoms with Gasteiger partial charge in [0.2, 0.25) is 0 Å². The largest absolute Gasteiger partial charge is 0.382 e. The van der Waals surface area contributed by atoms with Crippen LogP contribution in [0.25, 0.3) is 0 Å². The molecule has 1 aromatic rings. The van der Waals surface area contributed by atoms with Gasteiger partial charge in [-0.1, -0.05) is 18.0 Å². The van der Waals surface area contributed by atoms with Gasteiger partial charge in [0.25, 0.3) is 0 Å². The number of rotatable bonds is 4. The number of benzene rings is 1. The van der Waals surface area contributed by atoms with Crippen LogP contribution in [-0.2, 0) is 9.84 Å². The maximum absolute atomic E-state index is 11.5. The summed E-state index contributed by atoms with van der Waals surface area (Å²) in [5.74, 6) is 0. The van der Waals surface area contributed by atoms with Crippen molar-refractivity contribution >= 4 is 27.1 Å². The van der Waals surface area contributed by atoms with Crippen molar-refractivity contribution < 1.29 is 8.42 Å². The molecule has 2 rings (SSSR count). The van der Waals surface area contributed by atoms with Crippen molar-refractivity contribution in [3.63, 3.8) is 0 Å². The van der Waals surface area contributed by atoms with Gasteiger partial charge in [-0.3, -0.25) is 0 Å². The Balaban J connectivity index is 2.06. The molecule has 0 amide bonds. The Morgan fingerprint density at radius 1 is 1.42 bits per heavy atom. The van der Waals surface area contributed by atoms with Gasteiger partial charge in [0.1, 0.15) is 0 Å². The zero-order valence-corrected chi connectivity index (χ0v) is 12.5. The molecule has 4 nitrogen and oxygen atoms in total. The number of halogens is 1. The maximum Gasteiger partial charge on any atom is 0.175 e. The van der Waals surface area contributed by atoms with Crippen LogP contribution in [0, 0.1) is 0 Å². The minimum atomic E-state index is -3.20. The van der Waals surface area contributed by atoms with Crippen molar-refractivity contribution in [2.75, 3.05) is 24.7 Å². The predicted molar refractivity (Wildman–Crippen MR) is 78.7 cm³/mol. The van der Waals surface area contributed by atoms with Gasteiger partial charge in [-0.05, 0) is 37.6 Å². The van der Waals surface area contributed by atoms with E-state index in [9.17, 15) is 8.42 Å². The highest BCUT2D eigenvalue weighted by Crippen LogP contribution is 2.25. The smallest absolute Gasteiger partial charge is 0.175 e. The van der Waals surface area contributed by atoms with Crippen molar-refractivity contribution in [2.24, 2.45) is 0 Å². The molecule has 0 saturated carbocycles. The van der Waals surface area contributed by atoms with E-state index in [1.54, 1.807) is 12.1 Å². The standard InChI is InChI=1S/C13H19ClN2O2S/c1-19(17,18)11-5-6-12(14)13(8-11)16-9-10-4-2-3-7-15-10/h5-6,8,10,15-16H,2-4,7,9H2,1H3. The molecule has 1 aliphatic rings. The van der Waals surface area contributed by atoms with Crippen molar-refractivity contribution in [3.05, 3.63) is 23.2 Å². The third-order valence-electron chi connectivity index (χ3n) is 3.32. The molecule has 1 atom stereocenters. The van der Waals surface area contributed by atoms with Crippen LogP contribution in [0.2, 0.25) is 5.02 Å². The zero-order valence-electron chi connectivity index (χ0n) is 10.9. The van der Waals surface area contributed by atoms with Crippen LogP contribution >= 0.6 is 11.6 Å². The summed E-state index contributed by atoms with van der Waals surface area (Å²) >= 11 is 6.09. The fourth-order valence-corrected chi connectivity index (χ4v) is 3.03. The van der Waals surface area contributed by atoms with Crippen molar-refractivity contribution in [3.8, 4) is 0 Å². The second-order valence-electron chi connectivity index (χ2n) is 4.94. The summed E-state index contributed by atoms with van der Waals surface area (Å²) in [5.41, 5.74) is 0.678. The predicted octanol–water partition coefficient (Wildman–Crippen LogP) is 2.30. The lowest BCUT2D eigenvalue weighted by Crippen LogP contribution is -2.39. The first-order valence-corrected chi connectivity index (χ1v) is 8.70. The van der Waals surface area contributed by atoms with Crippen LogP contribution in [-0.4, -0.2) is 33.8 Å². The van der Waals surface area contributed by atoms with E-state index in [2.05, 4.69) is 10.6 Å². The van der Waals surface area contributed by atoms with E-state index in [0.29, 0.717) is 16.8 Å². The summed E-state index contributed by atoms with van der Waals surface area (Å²) in [6.45, 7) is 1.80. The van der Waals surface area contributed by atoms with E-state index in [0.717, 1.165) is 19.5 Å². The van der Waals surface area contributed by atoms with E-state index in [4.69, 9.17) is 11.6 Å². The molecule has 0 aromatic heterocycles. The highest BCUT2D eigenvalue weighted by Gasteiger charge is 2.14. The lowest BCUT2D eigenvalue weighted by Gasteiger charge is -2.24. The first-order valence-electron chi connectivity index (χ1n) is 6.44. The number of nitrogens with one attached hydrogen (secondary N) is 2. The number of piperidine rings is 1. The fourth-order valence-electron chi connectivity index (χ4n) is 2.20. The third-order valence-corrected chi connectivity index (χ3v) is 4.76. The van der Waals surface area contributed by atoms with Crippen LogP contribution in [0.4, 0.5) is 5.69 Å². The second-order valence-corrected chi connectivity index (χ2v) is 7.36. The Labute approximate surface area is 119 Å². The molecule has 106 valence electrons. The van der Waals surface area contributed by atoms with Gasteiger partial charge in [0.15, 0.2) is 9.84 Å². The summed E-state index contributed by atoms with van der Waals surface area (Å²) in [7, 11) is -3.20. The normalized spacial score (nSPS) is 20.2. The first-order chi connectivity index (χ1) is 8.97. The molecule has 0 radical (unpaired) electrons. The lowest BCUT2D eigenvalue weighted by molar-refractivity contribution is 0.414. The quantitative estimate of drug-likeness (QED) is 0.896. The van der Waals surface area contributed by atoms with E-state index < -0.39 is 9.84 Å². The van der Waals surface area contributed by atoms with Gasteiger partial charge < -0.3 is 10.6 Å². The Kier molecular flexibility index (Phi) is 4.71. The maximum atomic E-state index is 11.5. The van der Waals surface area contributed by atoms with Gasteiger partial charge >= 0.3 is 0 Å². The van der Waals surface area contributed by atoms with E-state index >= 15 is 0 Å². The Morgan fingerprint density at radius 3 is 2.84 bits per heavy atom. The van der Waals surface area contributed by atoms with Gasteiger partial charge in [-0.15, -0.1) is 0 Å². The van der Waals surface area contributed by atoms with Crippen molar-refractivity contribution in [1.29, 1.82) is 0 Å². The molecule has 1 aromatic carbocycles. The summed E-state index contributed by atoms with van der Waals surface area (Å²) in [4.78, 5) is 0.288. The van der Waals surface area contributed by atoms with Crippen molar-refractivity contribution in [2.45, 2.75) is 30.2 Å². The SMILES string of the molecule is CS(=O)(=O)c1ccc(Cl)c(NCC2CCCCN2)c1. The molecule has 0 spiro atoms. The summed E-state index contributed by atoms with van der Waals surface area (Å²) in [6.07, 6.45) is 4.79. The van der Waals surface area contributed by atoms with Gasteiger partial charge in [0, 0.05) is 18.8 Å². The van der Waals surface area contributed by atoms with E-state index in [1.807, 2.05) is 0 Å². The minimum Gasteiger partial charge on any atom is -0.382 e. The highest BCUT2D eigenvalue weighted by atomic mass is 35.5. The van der Waals surface area contributed by atoms with Crippen LogP contribution < -0.4 is 10.6 Å². The van der Waals surface area contributed by atoms with Crippen LogP contribution in [0.15, 0.2) is 23.1 Å². The molecule has 1 fully saturated rings. The molecule has 0 aliphatic carbocycles. The van der Waals surface area contributed by atoms with Gasteiger partial charge in [0.05, 0.1) is 15.6 Å². The van der Waals surface area contributed by atoms with Crippen molar-refractivity contribution in [1.82, 2.24) is 5.32 Å². The fraction of sp³-hybridized carbons (Fsp3) is 0.538. The summed E-state index contributed by atoms with van der Waals surface area (Å²) in [6, 6.07) is 5.17. The number of hydrogen-bond donors (Lipinski definition) is 2. The average molecular weight is 303 g/mol. The summed E-state index contributed by atoms with van der Waals surface area (Å²) < 4.78 is 23.0. The number of hydrogen-bond acceptors (Lipinski definition) is 4. The molecule has 1 aliphatic heterocycles. The van der Waals surface area contributed by atoms with E-state index in [-0.39, 0.29) is 4.90 Å². The Bertz CT molecular complexity index is 540. The molecule has 0 bridgehead atoms. The number of sulfone groups is 1. The van der Waals surface area contributed by atoms with Crippen LogP contribution in [0.1, 0.15) is 19.3 Å². The van der Waals surface area contributed by atoms with E-state index in [1.165, 1.54) is 25.2 Å². The topological polar surface area (TPSA) is 58.2 Å². The Hall–Kier alpha value is -0.780. The average Bonchev–Trinajstić information content (AvgIpc) is 2.37. The molecule has 6 heteroatoms. The lowest BCUT2D eigenvalue weighted by atomic mass is 10.1. The molecular formula is C13H19ClN2O2S. The monoisotopic (exact) mass is 302 g/mol. The zero-order chi connectivity index (χ0) is 13.9. The second kappa shape index (κ2) is 6.11. The Morgan fingerprint density at radius 2 is 2.21 bits per heavy atom. The molecule has 1 saturated heterocycles. The molecule has 1 unspecified atom stereocenters. The van der Waals surface area contributed by atoms with Crippen LogP contribution in [0.3, 0.4) is 0 Å². The first kappa shape index (κ1) is 14.6. The molecule has 2 N–H and O–H groups in total. The van der Waals surface area contributed by atoms with Gasteiger partial charge in [-0.2, -0.15) is 0 Å². The third kappa shape index (κ3) is 4.09. The van der Waals surface area contributed by atoms with Gasteiger partial charge in [-0.25, -0.2) is 8.42 Å². The molecule has 19 heavy (non-hydrogen) atoms. The molecule has 1 heterocycles.